The van der Waals surface area contributed by atoms with E-state index in [9.17, 15) is 9.90 Å². The maximum absolute atomic E-state index is 11.5. The number of benzene rings is 1. The molecule has 0 amide bonds. The molecule has 0 saturated heterocycles. The predicted molar refractivity (Wildman–Crippen MR) is 73.8 cm³/mol. The Balaban J connectivity index is 2.26. The molecule has 0 fully saturated rings. The van der Waals surface area contributed by atoms with Gasteiger partial charge in [0.05, 0.1) is 12.8 Å². The van der Waals surface area contributed by atoms with E-state index in [2.05, 4.69) is 9.97 Å². The Morgan fingerprint density at radius 1 is 1.30 bits per heavy atom. The van der Waals surface area contributed by atoms with Gasteiger partial charge in [0, 0.05) is 6.07 Å². The number of aryl methyl sites for hydroxylation is 1. The fourth-order valence-electron chi connectivity index (χ4n) is 1.93. The zero-order valence-electron chi connectivity index (χ0n) is 11.4. The first kappa shape index (κ1) is 14.0. The summed E-state index contributed by atoms with van der Waals surface area (Å²) in [6.07, 6.45) is 1.70. The monoisotopic (exact) mass is 272 g/mol. The lowest BCUT2D eigenvalue weighted by Gasteiger charge is -2.12. The number of carboxylic acids is 1. The van der Waals surface area contributed by atoms with Gasteiger partial charge in [0.1, 0.15) is 12.2 Å². The van der Waals surface area contributed by atoms with Crippen LogP contribution in [0.15, 0.2) is 36.7 Å². The lowest BCUT2D eigenvalue weighted by Crippen LogP contribution is -2.16. The maximum atomic E-state index is 11.5. The van der Waals surface area contributed by atoms with Gasteiger partial charge in [0.25, 0.3) is 0 Å². The highest BCUT2D eigenvalue weighted by Gasteiger charge is 2.22. The van der Waals surface area contributed by atoms with E-state index in [-0.39, 0.29) is 0 Å². The largest absolute Gasteiger partial charge is 0.481 e. The first-order valence-corrected chi connectivity index (χ1v) is 6.24. The molecule has 0 saturated carbocycles. The molecular formula is C15H16N2O3. The van der Waals surface area contributed by atoms with Gasteiger partial charge in [0.2, 0.25) is 5.88 Å². The molecule has 0 aliphatic carbocycles. The van der Waals surface area contributed by atoms with Crippen LogP contribution in [0, 0.1) is 6.92 Å². The molecule has 0 bridgehead atoms. The molecule has 1 unspecified atom stereocenters. The fraction of sp³-hybridized carbons (Fsp3) is 0.267. The lowest BCUT2D eigenvalue weighted by atomic mass is 9.95. The Morgan fingerprint density at radius 2 is 2.00 bits per heavy atom. The Labute approximate surface area is 117 Å². The van der Waals surface area contributed by atoms with E-state index in [4.69, 9.17) is 4.74 Å². The molecule has 104 valence electrons. The molecule has 0 aliphatic heterocycles. The number of hydrogen-bond acceptors (Lipinski definition) is 4. The molecule has 2 rings (SSSR count). The van der Waals surface area contributed by atoms with Gasteiger partial charge in [-0.05, 0) is 18.9 Å². The molecule has 2 aromatic rings. The van der Waals surface area contributed by atoms with E-state index in [1.165, 1.54) is 13.4 Å². The van der Waals surface area contributed by atoms with Crippen LogP contribution in [0.25, 0.3) is 0 Å². The second-order valence-corrected chi connectivity index (χ2v) is 4.57. The van der Waals surface area contributed by atoms with Crippen molar-refractivity contribution in [2.24, 2.45) is 0 Å². The van der Waals surface area contributed by atoms with Crippen LogP contribution >= 0.6 is 0 Å². The van der Waals surface area contributed by atoms with Crippen molar-refractivity contribution in [3.8, 4) is 5.88 Å². The van der Waals surface area contributed by atoms with Gasteiger partial charge in [-0.1, -0.05) is 29.8 Å². The molecule has 5 nitrogen and oxygen atoms in total. The van der Waals surface area contributed by atoms with Gasteiger partial charge in [-0.3, -0.25) is 4.79 Å². The molecule has 0 spiro atoms. The molecule has 5 heteroatoms. The minimum Gasteiger partial charge on any atom is -0.481 e. The van der Waals surface area contributed by atoms with Crippen molar-refractivity contribution in [1.82, 2.24) is 9.97 Å². The molecule has 0 radical (unpaired) electrons. The fourth-order valence-corrected chi connectivity index (χ4v) is 1.93. The average molecular weight is 272 g/mol. The summed E-state index contributed by atoms with van der Waals surface area (Å²) in [5.74, 6) is -1.26. The van der Waals surface area contributed by atoms with Gasteiger partial charge in [-0.2, -0.15) is 0 Å². The standard InChI is InChI=1S/C15H16N2O3/c1-10-3-5-11(6-4-10)7-12(15(18)19)13-8-14(20-2)17-9-16-13/h3-6,8-9,12H,7H2,1-2H3,(H,18,19). The first-order valence-electron chi connectivity index (χ1n) is 6.24. The molecule has 1 aromatic heterocycles. The highest BCUT2D eigenvalue weighted by Crippen LogP contribution is 2.22. The number of ether oxygens (including phenoxy) is 1. The number of rotatable bonds is 5. The van der Waals surface area contributed by atoms with Crippen LogP contribution in [0.5, 0.6) is 5.88 Å². The van der Waals surface area contributed by atoms with E-state index in [0.717, 1.165) is 11.1 Å². The van der Waals surface area contributed by atoms with Gasteiger partial charge < -0.3 is 9.84 Å². The van der Waals surface area contributed by atoms with E-state index < -0.39 is 11.9 Å². The third kappa shape index (κ3) is 3.32. The quantitative estimate of drug-likeness (QED) is 0.903. The number of aromatic nitrogens is 2. The first-order chi connectivity index (χ1) is 9.60. The van der Waals surface area contributed by atoms with Crippen molar-refractivity contribution in [3.63, 3.8) is 0 Å². The Morgan fingerprint density at radius 3 is 2.60 bits per heavy atom. The molecular weight excluding hydrogens is 256 g/mol. The van der Waals surface area contributed by atoms with Gasteiger partial charge in [0.15, 0.2) is 0 Å². The Hall–Kier alpha value is -2.43. The summed E-state index contributed by atoms with van der Waals surface area (Å²) >= 11 is 0. The molecule has 0 aliphatic rings. The highest BCUT2D eigenvalue weighted by molar-refractivity contribution is 5.76. The van der Waals surface area contributed by atoms with E-state index in [1.807, 2.05) is 31.2 Å². The third-order valence-corrected chi connectivity index (χ3v) is 3.09. The van der Waals surface area contributed by atoms with Crippen LogP contribution in [-0.2, 0) is 11.2 Å². The zero-order chi connectivity index (χ0) is 14.5. The van der Waals surface area contributed by atoms with Crippen molar-refractivity contribution in [2.75, 3.05) is 7.11 Å². The van der Waals surface area contributed by atoms with Gasteiger partial charge in [-0.15, -0.1) is 0 Å². The zero-order valence-corrected chi connectivity index (χ0v) is 11.4. The summed E-state index contributed by atoms with van der Waals surface area (Å²) in [7, 11) is 1.49. The molecule has 1 heterocycles. The average Bonchev–Trinajstić information content (AvgIpc) is 2.46. The number of aliphatic carboxylic acids is 1. The smallest absolute Gasteiger partial charge is 0.312 e. The Kier molecular flexibility index (Phi) is 4.30. The van der Waals surface area contributed by atoms with Crippen LogP contribution in [0.3, 0.4) is 0 Å². The summed E-state index contributed by atoms with van der Waals surface area (Å²) in [5.41, 5.74) is 2.55. The van der Waals surface area contributed by atoms with Crippen LogP contribution in [0.4, 0.5) is 0 Å². The topological polar surface area (TPSA) is 72.3 Å². The van der Waals surface area contributed by atoms with Crippen molar-refractivity contribution in [3.05, 3.63) is 53.5 Å². The second-order valence-electron chi connectivity index (χ2n) is 4.57. The normalized spacial score (nSPS) is 11.9. The van der Waals surface area contributed by atoms with Crippen molar-refractivity contribution >= 4 is 5.97 Å². The third-order valence-electron chi connectivity index (χ3n) is 3.09. The minimum absolute atomic E-state index is 0.366. The SMILES string of the molecule is COc1cc(C(Cc2ccc(C)cc2)C(=O)O)ncn1. The number of carbonyl (C=O) groups is 1. The number of methoxy groups -OCH3 is 1. The summed E-state index contributed by atoms with van der Waals surface area (Å²) in [6, 6.07) is 9.37. The van der Waals surface area contributed by atoms with Crippen molar-refractivity contribution in [2.45, 2.75) is 19.3 Å². The summed E-state index contributed by atoms with van der Waals surface area (Å²) in [5, 5.41) is 9.40. The van der Waals surface area contributed by atoms with Crippen LogP contribution < -0.4 is 4.74 Å². The summed E-state index contributed by atoms with van der Waals surface area (Å²) < 4.78 is 5.01. The molecule has 20 heavy (non-hydrogen) atoms. The van der Waals surface area contributed by atoms with Crippen LogP contribution in [-0.4, -0.2) is 28.2 Å². The van der Waals surface area contributed by atoms with Crippen LogP contribution in [0.2, 0.25) is 0 Å². The molecule has 1 atom stereocenters. The lowest BCUT2D eigenvalue weighted by molar-refractivity contribution is -0.138. The minimum atomic E-state index is -0.911. The van der Waals surface area contributed by atoms with Gasteiger partial charge in [-0.25, -0.2) is 9.97 Å². The second kappa shape index (κ2) is 6.14. The predicted octanol–water partition coefficient (Wildman–Crippen LogP) is 2.20. The van der Waals surface area contributed by atoms with Gasteiger partial charge >= 0.3 is 5.97 Å². The summed E-state index contributed by atoms with van der Waals surface area (Å²) in [4.78, 5) is 19.4. The number of hydrogen-bond donors (Lipinski definition) is 1. The highest BCUT2D eigenvalue weighted by atomic mass is 16.5. The van der Waals surface area contributed by atoms with Crippen LogP contribution in [0.1, 0.15) is 22.7 Å². The Bertz CT molecular complexity index is 596. The van der Waals surface area contributed by atoms with Crippen molar-refractivity contribution < 1.29 is 14.6 Å². The molecule has 1 N–H and O–H groups in total. The van der Waals surface area contributed by atoms with E-state index in [1.54, 1.807) is 6.07 Å². The van der Waals surface area contributed by atoms with E-state index >= 15 is 0 Å². The molecule has 1 aromatic carbocycles. The summed E-state index contributed by atoms with van der Waals surface area (Å²) in [6.45, 7) is 1.99. The maximum Gasteiger partial charge on any atom is 0.312 e. The number of nitrogens with zero attached hydrogens (tertiary/aromatic N) is 2. The van der Waals surface area contributed by atoms with Crippen molar-refractivity contribution in [1.29, 1.82) is 0 Å². The number of carboxylic acid groups (broad SMARTS) is 1. The van der Waals surface area contributed by atoms with E-state index in [0.29, 0.717) is 18.0 Å².